The van der Waals surface area contributed by atoms with E-state index in [1.165, 1.54) is 0 Å². The summed E-state index contributed by atoms with van der Waals surface area (Å²) in [6.45, 7) is 2.07. The van der Waals surface area contributed by atoms with E-state index in [1.807, 2.05) is 48.5 Å². The Kier molecular flexibility index (Phi) is 2.39. The van der Waals surface area contributed by atoms with Crippen molar-refractivity contribution in [1.82, 2.24) is 9.38 Å². The highest BCUT2D eigenvalue weighted by molar-refractivity contribution is 5.90. The highest BCUT2D eigenvalue weighted by atomic mass is 15.0. The summed E-state index contributed by atoms with van der Waals surface area (Å²) in [6.07, 6.45) is 0. The van der Waals surface area contributed by atoms with Gasteiger partial charge in [0.15, 0.2) is 0 Å². The van der Waals surface area contributed by atoms with Crippen molar-refractivity contribution in [2.45, 2.75) is 6.92 Å². The molecule has 0 aliphatic heterocycles. The van der Waals surface area contributed by atoms with Gasteiger partial charge in [-0.3, -0.25) is 4.40 Å². The number of nitriles is 1. The molecule has 4 aromatic rings. The van der Waals surface area contributed by atoms with Gasteiger partial charge in [0, 0.05) is 11.3 Å². The van der Waals surface area contributed by atoms with E-state index in [1.54, 1.807) is 0 Å². The van der Waals surface area contributed by atoms with Crippen molar-refractivity contribution in [3.05, 3.63) is 65.9 Å². The van der Waals surface area contributed by atoms with Gasteiger partial charge < -0.3 is 4.98 Å². The maximum Gasteiger partial charge on any atom is 0.134 e. The minimum Gasteiger partial charge on any atom is -0.339 e. The largest absolute Gasteiger partial charge is 0.339 e. The summed E-state index contributed by atoms with van der Waals surface area (Å²) in [5.41, 5.74) is 6.90. The summed E-state index contributed by atoms with van der Waals surface area (Å²) in [7, 11) is 0. The number of aryl methyl sites for hydroxylation is 1. The first-order valence-corrected chi connectivity index (χ1v) is 6.88. The molecule has 0 aliphatic carbocycles. The molecule has 3 nitrogen and oxygen atoms in total. The first-order chi connectivity index (χ1) is 10.3. The lowest BCUT2D eigenvalue weighted by atomic mass is 10.0. The first kappa shape index (κ1) is 11.8. The van der Waals surface area contributed by atoms with Gasteiger partial charge in [-0.2, -0.15) is 5.26 Å². The normalized spacial score (nSPS) is 11.0. The summed E-state index contributed by atoms with van der Waals surface area (Å²) in [6, 6.07) is 20.6. The van der Waals surface area contributed by atoms with Gasteiger partial charge in [0.25, 0.3) is 0 Å². The number of hydrogen-bond donors (Lipinski definition) is 1. The molecule has 21 heavy (non-hydrogen) atoms. The number of aromatic nitrogens is 2. The van der Waals surface area contributed by atoms with Gasteiger partial charge in [-0.15, -0.1) is 0 Å². The van der Waals surface area contributed by atoms with E-state index < -0.39 is 0 Å². The van der Waals surface area contributed by atoms with Crippen LogP contribution in [0.4, 0.5) is 0 Å². The van der Waals surface area contributed by atoms with Crippen LogP contribution in [-0.4, -0.2) is 9.38 Å². The van der Waals surface area contributed by atoms with Crippen molar-refractivity contribution in [1.29, 1.82) is 5.26 Å². The average Bonchev–Trinajstić information content (AvgIpc) is 3.03. The van der Waals surface area contributed by atoms with Gasteiger partial charge >= 0.3 is 0 Å². The fraction of sp³-hybridized carbons (Fsp3) is 0.0556. The van der Waals surface area contributed by atoms with Crippen molar-refractivity contribution in [2.24, 2.45) is 0 Å². The zero-order chi connectivity index (χ0) is 14.4. The van der Waals surface area contributed by atoms with Crippen LogP contribution in [0.1, 0.15) is 11.3 Å². The number of aromatic amines is 1. The number of nitrogens with zero attached hydrogens (tertiary/aromatic N) is 2. The maximum atomic E-state index is 9.63. The van der Waals surface area contributed by atoms with Gasteiger partial charge in [-0.1, -0.05) is 42.5 Å². The van der Waals surface area contributed by atoms with Gasteiger partial charge in [0.1, 0.15) is 17.3 Å². The Morgan fingerprint density at radius 1 is 1.00 bits per heavy atom. The lowest BCUT2D eigenvalue weighted by molar-refractivity contribution is 1.17. The molecule has 2 aromatic heterocycles. The van der Waals surface area contributed by atoms with Gasteiger partial charge in [-0.05, 0) is 24.6 Å². The smallest absolute Gasteiger partial charge is 0.134 e. The van der Waals surface area contributed by atoms with Crippen LogP contribution in [0.15, 0.2) is 54.6 Å². The third kappa shape index (κ3) is 1.53. The van der Waals surface area contributed by atoms with Crippen molar-refractivity contribution in [3.63, 3.8) is 0 Å². The molecule has 0 saturated carbocycles. The Morgan fingerprint density at radius 3 is 2.48 bits per heavy atom. The Morgan fingerprint density at radius 2 is 1.71 bits per heavy atom. The van der Waals surface area contributed by atoms with Crippen LogP contribution in [0.25, 0.3) is 27.8 Å². The zero-order valence-electron chi connectivity index (χ0n) is 11.6. The fourth-order valence-corrected chi connectivity index (χ4v) is 3.08. The predicted octanol–water partition coefficient (Wildman–Crippen LogP) is 4.27. The molecule has 3 heteroatoms. The number of fused-ring (bicyclic) bond motifs is 3. The van der Waals surface area contributed by atoms with Crippen LogP contribution in [0.3, 0.4) is 0 Å². The van der Waals surface area contributed by atoms with E-state index in [4.69, 9.17) is 0 Å². The highest BCUT2D eigenvalue weighted by Gasteiger charge is 2.19. The van der Waals surface area contributed by atoms with E-state index >= 15 is 0 Å². The third-order valence-corrected chi connectivity index (χ3v) is 3.98. The number of hydrogen-bond acceptors (Lipinski definition) is 1. The fourth-order valence-electron chi connectivity index (χ4n) is 3.08. The molecular formula is C18H13N3. The Bertz CT molecular complexity index is 998. The lowest BCUT2D eigenvalue weighted by Crippen LogP contribution is -1.86. The number of para-hydroxylation sites is 2. The molecule has 0 amide bonds. The summed E-state index contributed by atoms with van der Waals surface area (Å²) < 4.78 is 2.14. The molecule has 0 radical (unpaired) electrons. The molecule has 4 rings (SSSR count). The zero-order valence-corrected chi connectivity index (χ0v) is 11.6. The standard InChI is InChI=1S/C18H13N3/c1-12-17(13-7-3-2-4-8-13)14(11-19)18-20-15-9-5-6-10-16(15)21(12)18/h2-10,20H,1H3. The summed E-state index contributed by atoms with van der Waals surface area (Å²) in [5, 5.41) is 9.63. The van der Waals surface area contributed by atoms with Crippen LogP contribution >= 0.6 is 0 Å². The summed E-state index contributed by atoms with van der Waals surface area (Å²) >= 11 is 0. The SMILES string of the molecule is Cc1c(-c2ccccc2)c(C#N)c2[nH]c3ccccc3n12. The van der Waals surface area contributed by atoms with Gasteiger partial charge in [0.05, 0.1) is 11.0 Å². The minimum absolute atomic E-state index is 0.704. The Labute approximate surface area is 122 Å². The van der Waals surface area contributed by atoms with Gasteiger partial charge in [-0.25, -0.2) is 0 Å². The molecular weight excluding hydrogens is 258 g/mol. The van der Waals surface area contributed by atoms with Gasteiger partial charge in [0.2, 0.25) is 0 Å². The van der Waals surface area contributed by atoms with Crippen molar-refractivity contribution in [3.8, 4) is 17.2 Å². The average molecular weight is 271 g/mol. The molecule has 0 atom stereocenters. The van der Waals surface area contributed by atoms with Crippen LogP contribution < -0.4 is 0 Å². The lowest BCUT2D eigenvalue weighted by Gasteiger charge is -2.02. The molecule has 0 spiro atoms. The molecule has 0 saturated heterocycles. The van der Waals surface area contributed by atoms with E-state index in [-0.39, 0.29) is 0 Å². The molecule has 1 N–H and O–H groups in total. The number of rotatable bonds is 1. The topological polar surface area (TPSA) is 44.0 Å². The second kappa shape index (κ2) is 4.26. The number of nitrogens with one attached hydrogen (secondary N) is 1. The van der Waals surface area contributed by atoms with Crippen LogP contribution in [0.2, 0.25) is 0 Å². The van der Waals surface area contributed by atoms with Crippen LogP contribution in [0, 0.1) is 18.3 Å². The Hall–Kier alpha value is -2.99. The quantitative estimate of drug-likeness (QED) is 0.552. The number of imidazole rings is 1. The number of H-pyrrole nitrogens is 1. The minimum atomic E-state index is 0.704. The summed E-state index contributed by atoms with van der Waals surface area (Å²) in [4.78, 5) is 3.37. The molecule has 0 bridgehead atoms. The maximum absolute atomic E-state index is 9.63. The van der Waals surface area contributed by atoms with Crippen molar-refractivity contribution in [2.75, 3.05) is 0 Å². The molecule has 0 unspecified atom stereocenters. The molecule has 2 heterocycles. The van der Waals surface area contributed by atoms with E-state index in [0.29, 0.717) is 5.56 Å². The van der Waals surface area contributed by atoms with E-state index in [0.717, 1.165) is 33.5 Å². The van der Waals surface area contributed by atoms with Crippen molar-refractivity contribution < 1.29 is 0 Å². The first-order valence-electron chi connectivity index (χ1n) is 6.88. The van der Waals surface area contributed by atoms with E-state index in [2.05, 4.69) is 28.4 Å². The molecule has 0 aliphatic rings. The summed E-state index contributed by atoms with van der Waals surface area (Å²) in [5.74, 6) is 0. The third-order valence-electron chi connectivity index (χ3n) is 3.98. The predicted molar refractivity (Wildman–Crippen MR) is 84.1 cm³/mol. The monoisotopic (exact) mass is 271 g/mol. The second-order valence-electron chi connectivity index (χ2n) is 5.14. The molecule has 2 aromatic carbocycles. The van der Waals surface area contributed by atoms with E-state index in [9.17, 15) is 5.26 Å². The second-order valence-corrected chi connectivity index (χ2v) is 5.14. The Balaban J connectivity index is 2.19. The van der Waals surface area contributed by atoms with Crippen LogP contribution in [-0.2, 0) is 0 Å². The number of benzene rings is 2. The highest BCUT2D eigenvalue weighted by Crippen LogP contribution is 2.34. The van der Waals surface area contributed by atoms with Crippen molar-refractivity contribution >= 4 is 16.7 Å². The molecule has 0 fully saturated rings. The van der Waals surface area contributed by atoms with Crippen LogP contribution in [0.5, 0.6) is 0 Å². The molecule has 100 valence electrons.